The van der Waals surface area contributed by atoms with Crippen LogP contribution in [0.25, 0.3) is 21.8 Å². The molecular formula is C23H24N2O3. The molecule has 5 heteroatoms. The van der Waals surface area contributed by atoms with E-state index in [9.17, 15) is 4.79 Å². The maximum absolute atomic E-state index is 13.0. The molecule has 0 aliphatic carbocycles. The minimum atomic E-state index is -0.571. The summed E-state index contributed by atoms with van der Waals surface area (Å²) in [6.07, 6.45) is 2.24. The lowest BCUT2D eigenvalue weighted by atomic mass is 10.1. The van der Waals surface area contributed by atoms with Gasteiger partial charge in [-0.25, -0.2) is 9.36 Å². The van der Waals surface area contributed by atoms with E-state index in [4.69, 9.17) is 9.47 Å². The molecule has 0 radical (unpaired) electrons. The van der Waals surface area contributed by atoms with Gasteiger partial charge in [-0.1, -0.05) is 18.2 Å². The summed E-state index contributed by atoms with van der Waals surface area (Å²) in [7, 11) is 1.64. The smallest absolute Gasteiger partial charge is 0.419 e. The van der Waals surface area contributed by atoms with Crippen molar-refractivity contribution < 1.29 is 14.3 Å². The number of nitrogens with zero attached hydrogens (tertiary/aromatic N) is 1. The molecule has 0 amide bonds. The lowest BCUT2D eigenvalue weighted by Gasteiger charge is -2.21. The Morgan fingerprint density at radius 1 is 1.11 bits per heavy atom. The minimum Gasteiger partial charge on any atom is -0.497 e. The van der Waals surface area contributed by atoms with E-state index in [0.717, 1.165) is 38.8 Å². The minimum absolute atomic E-state index is 0.373. The van der Waals surface area contributed by atoms with Crippen LogP contribution in [0.15, 0.2) is 54.7 Å². The van der Waals surface area contributed by atoms with Crippen molar-refractivity contribution in [2.45, 2.75) is 32.8 Å². The molecule has 0 aliphatic heterocycles. The van der Waals surface area contributed by atoms with Crippen molar-refractivity contribution in [1.82, 2.24) is 9.55 Å². The highest BCUT2D eigenvalue weighted by Crippen LogP contribution is 2.29. The number of nitrogens with one attached hydrogen (secondary N) is 1. The van der Waals surface area contributed by atoms with Crippen LogP contribution >= 0.6 is 0 Å². The van der Waals surface area contributed by atoms with Crippen molar-refractivity contribution in [3.05, 3.63) is 66.0 Å². The van der Waals surface area contributed by atoms with E-state index < -0.39 is 5.60 Å². The standard InChI is InChI=1S/C23H24N2O3/c1-23(2,3)28-22(26)25-17(11-15-13-18(27-4)9-10-21(15)25)12-16-14-24-20-8-6-5-7-19(16)20/h5-11,13-14,24H,12H2,1-4H3. The molecule has 5 nitrogen and oxygen atoms in total. The van der Waals surface area contributed by atoms with Gasteiger partial charge in [0.15, 0.2) is 0 Å². The van der Waals surface area contributed by atoms with Gasteiger partial charge in [-0.15, -0.1) is 0 Å². The van der Waals surface area contributed by atoms with E-state index in [1.54, 1.807) is 11.7 Å². The number of aromatic amines is 1. The van der Waals surface area contributed by atoms with Crippen molar-refractivity contribution >= 4 is 27.9 Å². The fraction of sp³-hybridized carbons (Fsp3) is 0.261. The highest BCUT2D eigenvalue weighted by molar-refractivity contribution is 5.92. The van der Waals surface area contributed by atoms with E-state index in [1.807, 2.05) is 69.4 Å². The first-order chi connectivity index (χ1) is 13.4. The first-order valence-electron chi connectivity index (χ1n) is 9.32. The summed E-state index contributed by atoms with van der Waals surface area (Å²) < 4.78 is 12.7. The number of hydrogen-bond acceptors (Lipinski definition) is 3. The lowest BCUT2D eigenvalue weighted by Crippen LogP contribution is -2.28. The Kier molecular flexibility index (Phi) is 4.38. The maximum atomic E-state index is 13.0. The second-order valence-electron chi connectivity index (χ2n) is 7.91. The second-order valence-corrected chi connectivity index (χ2v) is 7.91. The van der Waals surface area contributed by atoms with Crippen molar-refractivity contribution in [3.8, 4) is 5.75 Å². The highest BCUT2D eigenvalue weighted by Gasteiger charge is 2.23. The number of hydrogen-bond donors (Lipinski definition) is 1. The van der Waals surface area contributed by atoms with Crippen molar-refractivity contribution in [2.24, 2.45) is 0 Å². The van der Waals surface area contributed by atoms with Crippen LogP contribution in [0.4, 0.5) is 4.79 Å². The third-order valence-corrected chi connectivity index (χ3v) is 4.71. The van der Waals surface area contributed by atoms with Crippen LogP contribution in [0.3, 0.4) is 0 Å². The zero-order valence-corrected chi connectivity index (χ0v) is 16.6. The number of aromatic nitrogens is 2. The predicted molar refractivity (Wildman–Crippen MR) is 111 cm³/mol. The van der Waals surface area contributed by atoms with Crippen LogP contribution in [-0.2, 0) is 11.2 Å². The van der Waals surface area contributed by atoms with Crippen molar-refractivity contribution in [1.29, 1.82) is 0 Å². The van der Waals surface area contributed by atoms with E-state index in [-0.39, 0.29) is 6.09 Å². The molecule has 2 aromatic carbocycles. The molecule has 0 saturated heterocycles. The first-order valence-corrected chi connectivity index (χ1v) is 9.32. The number of H-pyrrole nitrogens is 1. The number of methoxy groups -OCH3 is 1. The maximum Gasteiger partial charge on any atom is 0.419 e. The normalized spacial score (nSPS) is 11.9. The SMILES string of the molecule is COc1ccc2c(c1)cc(Cc1c[nH]c3ccccc13)n2C(=O)OC(C)(C)C. The summed E-state index contributed by atoms with van der Waals surface area (Å²) in [5, 5.41) is 2.10. The van der Waals surface area contributed by atoms with E-state index >= 15 is 0 Å². The highest BCUT2D eigenvalue weighted by atomic mass is 16.6. The van der Waals surface area contributed by atoms with Gasteiger partial charge in [0.2, 0.25) is 0 Å². The third kappa shape index (κ3) is 3.36. The molecule has 0 fully saturated rings. The van der Waals surface area contributed by atoms with E-state index in [1.165, 1.54) is 0 Å². The van der Waals surface area contributed by atoms with Gasteiger partial charge >= 0.3 is 6.09 Å². The Morgan fingerprint density at radius 2 is 1.89 bits per heavy atom. The van der Waals surface area contributed by atoms with Crippen LogP contribution in [0, 0.1) is 0 Å². The molecule has 0 saturated carbocycles. The molecule has 0 atom stereocenters. The summed E-state index contributed by atoms with van der Waals surface area (Å²) in [4.78, 5) is 16.3. The molecule has 0 spiro atoms. The van der Waals surface area contributed by atoms with Gasteiger partial charge in [-0.2, -0.15) is 0 Å². The Balaban J connectivity index is 1.83. The third-order valence-electron chi connectivity index (χ3n) is 4.71. The van der Waals surface area contributed by atoms with Gasteiger partial charge in [-0.3, -0.25) is 0 Å². The fourth-order valence-corrected chi connectivity index (χ4v) is 3.50. The number of rotatable bonds is 3. The molecule has 4 aromatic rings. The quantitative estimate of drug-likeness (QED) is 0.513. The Bertz CT molecular complexity index is 1160. The largest absolute Gasteiger partial charge is 0.497 e. The Hall–Kier alpha value is -3.21. The molecule has 28 heavy (non-hydrogen) atoms. The number of fused-ring (bicyclic) bond motifs is 2. The molecule has 0 aliphatic rings. The van der Waals surface area contributed by atoms with Crippen molar-refractivity contribution in [3.63, 3.8) is 0 Å². The first kappa shape index (κ1) is 18.2. The molecular weight excluding hydrogens is 352 g/mol. The fourth-order valence-electron chi connectivity index (χ4n) is 3.50. The van der Waals surface area contributed by atoms with Gasteiger partial charge in [0.1, 0.15) is 11.4 Å². The Labute approximate surface area is 163 Å². The summed E-state index contributed by atoms with van der Waals surface area (Å²) in [5.41, 5.74) is 3.33. The summed E-state index contributed by atoms with van der Waals surface area (Å²) in [6, 6.07) is 15.9. The van der Waals surface area contributed by atoms with Crippen LogP contribution in [0.1, 0.15) is 32.0 Å². The number of ether oxygens (including phenoxy) is 2. The van der Waals surface area contributed by atoms with Gasteiger partial charge in [0.05, 0.1) is 12.6 Å². The van der Waals surface area contributed by atoms with E-state index in [2.05, 4.69) is 11.1 Å². The van der Waals surface area contributed by atoms with Gasteiger partial charge in [0, 0.05) is 34.6 Å². The predicted octanol–water partition coefficient (Wildman–Crippen LogP) is 5.51. The zero-order chi connectivity index (χ0) is 19.9. The van der Waals surface area contributed by atoms with E-state index in [0.29, 0.717) is 6.42 Å². The number of benzene rings is 2. The number of carbonyl (C=O) groups is 1. The average molecular weight is 376 g/mol. The molecule has 2 heterocycles. The second kappa shape index (κ2) is 6.75. The van der Waals surface area contributed by atoms with Crippen LogP contribution in [-0.4, -0.2) is 28.4 Å². The molecule has 0 bridgehead atoms. The lowest BCUT2D eigenvalue weighted by molar-refractivity contribution is 0.0541. The number of carbonyl (C=O) groups excluding carboxylic acids is 1. The molecule has 1 N–H and O–H groups in total. The van der Waals surface area contributed by atoms with Gasteiger partial charge in [-0.05, 0) is 56.7 Å². The molecule has 0 unspecified atom stereocenters. The topological polar surface area (TPSA) is 56.2 Å². The van der Waals surface area contributed by atoms with Crippen LogP contribution in [0.2, 0.25) is 0 Å². The molecule has 144 valence electrons. The summed E-state index contributed by atoms with van der Waals surface area (Å²) in [5.74, 6) is 0.757. The molecule has 2 aromatic heterocycles. The monoisotopic (exact) mass is 376 g/mol. The Morgan fingerprint density at radius 3 is 2.64 bits per heavy atom. The van der Waals surface area contributed by atoms with Crippen LogP contribution < -0.4 is 4.74 Å². The average Bonchev–Trinajstić information content (AvgIpc) is 3.21. The zero-order valence-electron chi connectivity index (χ0n) is 16.6. The summed E-state index contributed by atoms with van der Waals surface area (Å²) >= 11 is 0. The number of para-hydroxylation sites is 1. The summed E-state index contributed by atoms with van der Waals surface area (Å²) in [6.45, 7) is 5.62. The van der Waals surface area contributed by atoms with Crippen LogP contribution in [0.5, 0.6) is 5.75 Å². The van der Waals surface area contributed by atoms with Gasteiger partial charge < -0.3 is 14.5 Å². The van der Waals surface area contributed by atoms with Crippen molar-refractivity contribution in [2.75, 3.05) is 7.11 Å². The van der Waals surface area contributed by atoms with Gasteiger partial charge in [0.25, 0.3) is 0 Å². The molecule has 4 rings (SSSR count).